The molecule has 10 heteroatoms. The molecule has 0 fully saturated rings. The van der Waals surface area contributed by atoms with E-state index < -0.39 is 11.9 Å². The Bertz CT molecular complexity index is 1080. The van der Waals surface area contributed by atoms with E-state index in [1.54, 1.807) is 24.3 Å². The van der Waals surface area contributed by atoms with E-state index in [9.17, 15) is 9.59 Å². The highest BCUT2D eigenvalue weighted by atomic mass is 16.4. The molecule has 0 saturated carbocycles. The molecule has 0 aliphatic heterocycles. The summed E-state index contributed by atoms with van der Waals surface area (Å²) in [6, 6.07) is 10.8. The van der Waals surface area contributed by atoms with Gasteiger partial charge in [-0.25, -0.2) is 19.0 Å². The molecular formula is C16H10N6O4. The van der Waals surface area contributed by atoms with Crippen molar-refractivity contribution in [3.63, 3.8) is 0 Å². The molecule has 0 aliphatic carbocycles. The van der Waals surface area contributed by atoms with Crippen LogP contribution in [-0.4, -0.2) is 52.1 Å². The molecule has 10 nitrogen and oxygen atoms in total. The minimum Gasteiger partial charge on any atom is -0.476 e. The molecule has 2 heterocycles. The Balaban J connectivity index is 1.96. The minimum atomic E-state index is -1.18. The molecule has 0 bridgehead atoms. The lowest BCUT2D eigenvalue weighted by Crippen LogP contribution is -2.02. The van der Waals surface area contributed by atoms with Gasteiger partial charge in [-0.2, -0.15) is 0 Å². The van der Waals surface area contributed by atoms with Crippen molar-refractivity contribution < 1.29 is 19.8 Å². The van der Waals surface area contributed by atoms with Crippen LogP contribution in [0.4, 0.5) is 0 Å². The zero-order valence-electron chi connectivity index (χ0n) is 13.0. The summed E-state index contributed by atoms with van der Waals surface area (Å²) in [5, 5.41) is 34.6. The Hall–Kier alpha value is -4.08. The maximum atomic E-state index is 11.1. The number of hydrogen-bond acceptors (Lipinski definition) is 6. The molecule has 128 valence electrons. The summed E-state index contributed by atoms with van der Waals surface area (Å²) in [5.74, 6) is -2.36. The average molecular weight is 350 g/mol. The highest BCUT2D eigenvalue weighted by Crippen LogP contribution is 2.28. The van der Waals surface area contributed by atoms with Crippen LogP contribution in [0.15, 0.2) is 48.8 Å². The second-order valence-corrected chi connectivity index (χ2v) is 5.36. The molecule has 4 rings (SSSR count). The lowest BCUT2D eigenvalue weighted by atomic mass is 10.1. The van der Waals surface area contributed by atoms with E-state index in [-0.39, 0.29) is 11.4 Å². The normalized spacial score (nSPS) is 10.9. The van der Waals surface area contributed by atoms with Crippen molar-refractivity contribution in [3.8, 4) is 11.4 Å². The van der Waals surface area contributed by atoms with Crippen molar-refractivity contribution in [2.24, 2.45) is 0 Å². The van der Waals surface area contributed by atoms with Crippen LogP contribution in [0.25, 0.3) is 22.1 Å². The first kappa shape index (κ1) is 15.4. The standard InChI is InChI=1S/C16H10N6O4/c23-15(24)10-7-21(19-17-10)12-5-1-3-9-4-2-6-13(14(9)12)22-8-11(16(25)26)18-20-22/h1-8H,(H,23,24)(H,25,26). The number of carbonyl (C=O) groups is 2. The van der Waals surface area contributed by atoms with Crippen molar-refractivity contribution in [2.75, 3.05) is 0 Å². The number of rotatable bonds is 4. The average Bonchev–Trinajstić information content (AvgIpc) is 3.30. The monoisotopic (exact) mass is 350 g/mol. The first-order valence-corrected chi connectivity index (χ1v) is 7.38. The van der Waals surface area contributed by atoms with Gasteiger partial charge in [0.25, 0.3) is 0 Å². The van der Waals surface area contributed by atoms with Crippen LogP contribution in [0.3, 0.4) is 0 Å². The molecule has 26 heavy (non-hydrogen) atoms. The summed E-state index contributed by atoms with van der Waals surface area (Å²) in [7, 11) is 0. The van der Waals surface area contributed by atoms with Crippen molar-refractivity contribution in [3.05, 3.63) is 60.2 Å². The smallest absolute Gasteiger partial charge is 0.358 e. The number of benzene rings is 2. The van der Waals surface area contributed by atoms with Gasteiger partial charge in [0.2, 0.25) is 0 Å². The van der Waals surface area contributed by atoms with Crippen LogP contribution in [0.5, 0.6) is 0 Å². The van der Waals surface area contributed by atoms with Gasteiger partial charge in [-0.05, 0) is 17.5 Å². The van der Waals surface area contributed by atoms with Crippen LogP contribution in [0, 0.1) is 0 Å². The molecule has 0 unspecified atom stereocenters. The van der Waals surface area contributed by atoms with Crippen molar-refractivity contribution >= 4 is 22.7 Å². The van der Waals surface area contributed by atoms with Crippen molar-refractivity contribution in [2.45, 2.75) is 0 Å². The topological polar surface area (TPSA) is 136 Å². The third kappa shape index (κ3) is 2.45. The van der Waals surface area contributed by atoms with E-state index in [0.29, 0.717) is 16.8 Å². The van der Waals surface area contributed by atoms with Gasteiger partial charge in [0.15, 0.2) is 11.4 Å². The SMILES string of the molecule is O=C(O)c1cn(-c2cccc3cccc(-n4cc(C(=O)O)nn4)c23)nn1. The summed E-state index contributed by atoms with van der Waals surface area (Å²) in [5.41, 5.74) is 0.776. The van der Waals surface area contributed by atoms with Crippen LogP contribution in [-0.2, 0) is 0 Å². The highest BCUT2D eigenvalue weighted by molar-refractivity contribution is 5.97. The molecule has 4 aromatic rings. The van der Waals surface area contributed by atoms with E-state index in [1.165, 1.54) is 21.8 Å². The number of carboxylic acid groups (broad SMARTS) is 2. The third-order valence-corrected chi connectivity index (χ3v) is 3.78. The van der Waals surface area contributed by atoms with Crippen LogP contribution in [0.1, 0.15) is 21.0 Å². The molecule has 2 N–H and O–H groups in total. The van der Waals surface area contributed by atoms with Gasteiger partial charge in [-0.1, -0.05) is 34.7 Å². The predicted octanol–water partition coefficient (Wildman–Crippen LogP) is 1.40. The summed E-state index contributed by atoms with van der Waals surface area (Å²) < 4.78 is 2.70. The molecule has 2 aromatic carbocycles. The van der Waals surface area contributed by atoms with E-state index in [1.807, 2.05) is 12.1 Å². The molecule has 0 atom stereocenters. The molecule has 0 aliphatic rings. The van der Waals surface area contributed by atoms with Crippen LogP contribution in [0.2, 0.25) is 0 Å². The summed E-state index contributed by atoms with van der Waals surface area (Å²) >= 11 is 0. The lowest BCUT2D eigenvalue weighted by Gasteiger charge is -2.10. The molecular weight excluding hydrogens is 340 g/mol. The predicted molar refractivity (Wildman–Crippen MR) is 87.7 cm³/mol. The van der Waals surface area contributed by atoms with Gasteiger partial charge in [-0.15, -0.1) is 10.2 Å². The third-order valence-electron chi connectivity index (χ3n) is 3.78. The minimum absolute atomic E-state index is 0.187. The first-order valence-electron chi connectivity index (χ1n) is 7.38. The lowest BCUT2D eigenvalue weighted by molar-refractivity contribution is 0.0679. The fourth-order valence-corrected chi connectivity index (χ4v) is 2.64. The second-order valence-electron chi connectivity index (χ2n) is 5.36. The van der Waals surface area contributed by atoms with Crippen molar-refractivity contribution in [1.82, 2.24) is 30.0 Å². The number of carboxylic acids is 2. The van der Waals surface area contributed by atoms with Crippen LogP contribution >= 0.6 is 0 Å². The van der Waals surface area contributed by atoms with Gasteiger partial charge >= 0.3 is 11.9 Å². The number of aromatic carboxylic acids is 2. The number of nitrogens with zero attached hydrogens (tertiary/aromatic N) is 6. The fourth-order valence-electron chi connectivity index (χ4n) is 2.64. The Kier molecular flexibility index (Phi) is 3.43. The van der Waals surface area contributed by atoms with Gasteiger partial charge in [0, 0.05) is 5.39 Å². The first-order chi connectivity index (χ1) is 12.5. The van der Waals surface area contributed by atoms with E-state index in [4.69, 9.17) is 10.2 Å². The van der Waals surface area contributed by atoms with E-state index in [2.05, 4.69) is 20.6 Å². The summed E-state index contributed by atoms with van der Waals surface area (Å²) in [6.07, 6.45) is 2.61. The number of fused-ring (bicyclic) bond motifs is 1. The Morgan fingerprint density at radius 1 is 0.769 bits per heavy atom. The largest absolute Gasteiger partial charge is 0.476 e. The molecule has 0 saturated heterocycles. The van der Waals surface area contributed by atoms with Crippen LogP contribution < -0.4 is 0 Å². The van der Waals surface area contributed by atoms with Gasteiger partial charge in [0.05, 0.1) is 23.8 Å². The summed E-state index contributed by atoms with van der Waals surface area (Å²) in [4.78, 5) is 22.1. The summed E-state index contributed by atoms with van der Waals surface area (Å²) in [6.45, 7) is 0. The molecule has 2 aromatic heterocycles. The second kappa shape index (κ2) is 5.77. The number of aromatic nitrogens is 6. The zero-order valence-corrected chi connectivity index (χ0v) is 13.0. The Morgan fingerprint density at radius 3 is 1.62 bits per heavy atom. The molecule has 0 spiro atoms. The fraction of sp³-hybridized carbons (Fsp3) is 0. The zero-order chi connectivity index (χ0) is 18.3. The molecule has 0 amide bonds. The maximum absolute atomic E-state index is 11.1. The van der Waals surface area contributed by atoms with Gasteiger partial charge in [0.1, 0.15) is 0 Å². The van der Waals surface area contributed by atoms with E-state index in [0.717, 1.165) is 5.39 Å². The van der Waals surface area contributed by atoms with E-state index >= 15 is 0 Å². The quantitative estimate of drug-likeness (QED) is 0.563. The van der Waals surface area contributed by atoms with Gasteiger partial charge < -0.3 is 10.2 Å². The van der Waals surface area contributed by atoms with Crippen molar-refractivity contribution in [1.29, 1.82) is 0 Å². The highest BCUT2D eigenvalue weighted by Gasteiger charge is 2.16. The number of hydrogen-bond donors (Lipinski definition) is 2. The Labute approximate surface area is 144 Å². The van der Waals surface area contributed by atoms with Gasteiger partial charge in [-0.3, -0.25) is 0 Å². The maximum Gasteiger partial charge on any atom is 0.358 e. The molecule has 0 radical (unpaired) electrons. The Morgan fingerprint density at radius 2 is 1.23 bits per heavy atom.